The molecule has 3 rings (SSSR count). The number of esters is 1. The Morgan fingerprint density at radius 1 is 1.05 bits per heavy atom. The molecule has 0 aliphatic carbocycles. The lowest BCUT2D eigenvalue weighted by Gasteiger charge is -2.22. The van der Waals surface area contributed by atoms with Crippen LogP contribution in [0.4, 0.5) is 4.39 Å². The number of ether oxygens (including phenoxy) is 4. The summed E-state index contributed by atoms with van der Waals surface area (Å²) in [4.78, 5) is 41.0. The summed E-state index contributed by atoms with van der Waals surface area (Å²) in [6.45, 7) is 1.91. The molecule has 39 heavy (non-hydrogen) atoms. The summed E-state index contributed by atoms with van der Waals surface area (Å²) < 4.78 is 34.4. The first-order valence-electron chi connectivity index (χ1n) is 12.2. The number of aromatic nitrogens is 1. The number of carbonyl (C=O) groups is 2. The van der Waals surface area contributed by atoms with Crippen LogP contribution in [0.25, 0.3) is 0 Å². The average molecular weight is 543 g/mol. The molecule has 0 unspecified atom stereocenters. The molecule has 0 bridgehead atoms. The molecule has 0 aliphatic rings. The van der Waals surface area contributed by atoms with Gasteiger partial charge in [0.2, 0.25) is 11.7 Å². The number of aromatic hydroxyl groups is 1. The van der Waals surface area contributed by atoms with Gasteiger partial charge in [-0.05, 0) is 48.7 Å². The second-order valence-corrected chi connectivity index (χ2v) is 8.46. The van der Waals surface area contributed by atoms with Crippen LogP contribution in [0.5, 0.6) is 23.0 Å². The molecule has 1 heterocycles. The fourth-order valence-corrected chi connectivity index (χ4v) is 4.17. The number of amides is 1. The Labute approximate surface area is 224 Å². The topological polar surface area (TPSA) is 136 Å². The zero-order valence-corrected chi connectivity index (χ0v) is 22.1. The van der Waals surface area contributed by atoms with Gasteiger partial charge in [-0.15, -0.1) is 0 Å². The molecule has 1 atom stereocenters. The van der Waals surface area contributed by atoms with Gasteiger partial charge in [0.15, 0.2) is 11.5 Å². The molecule has 10 nitrogen and oxygen atoms in total. The van der Waals surface area contributed by atoms with Crippen LogP contribution in [0.3, 0.4) is 0 Å². The first kappa shape index (κ1) is 29.0. The number of rotatable bonds is 12. The van der Waals surface area contributed by atoms with Gasteiger partial charge in [0.1, 0.15) is 17.1 Å². The lowest BCUT2D eigenvalue weighted by atomic mass is 9.87. The number of pyridine rings is 1. The zero-order valence-electron chi connectivity index (χ0n) is 22.1. The average Bonchev–Trinajstić information content (AvgIpc) is 2.92. The molecule has 208 valence electrons. The van der Waals surface area contributed by atoms with Crippen molar-refractivity contribution in [2.75, 3.05) is 34.5 Å². The number of hydrogen-bond acceptors (Lipinski definition) is 8. The standard InChI is InChI=1S/C28H31FN2O8/c1-5-39-28(35)20-15-31-27(34)24(25(20)33)19(17-12-21(36-2)26(38-4)22(13-17)37-3)14-23(32)30-11-10-16-6-8-18(29)9-7-16/h6-9,12-13,15,19H,5,10-11,14H2,1-4H3,(H,30,32)(H2,31,33,34)/t19-/m0/s1. The lowest BCUT2D eigenvalue weighted by molar-refractivity contribution is -0.121. The van der Waals surface area contributed by atoms with E-state index >= 15 is 0 Å². The van der Waals surface area contributed by atoms with Crippen LogP contribution in [0.2, 0.25) is 0 Å². The molecular formula is C28H31FN2O8. The second kappa shape index (κ2) is 13.3. The summed E-state index contributed by atoms with van der Waals surface area (Å²) in [6.07, 6.45) is 1.24. The second-order valence-electron chi connectivity index (χ2n) is 8.46. The molecule has 1 amide bonds. The summed E-state index contributed by atoms with van der Waals surface area (Å²) in [7, 11) is 4.28. The monoisotopic (exact) mass is 542 g/mol. The van der Waals surface area contributed by atoms with Gasteiger partial charge in [-0.1, -0.05) is 12.1 Å². The maximum Gasteiger partial charge on any atom is 0.343 e. The van der Waals surface area contributed by atoms with Gasteiger partial charge in [-0.2, -0.15) is 0 Å². The highest BCUT2D eigenvalue weighted by Gasteiger charge is 2.30. The predicted molar refractivity (Wildman–Crippen MR) is 140 cm³/mol. The van der Waals surface area contributed by atoms with Crippen LogP contribution in [0, 0.1) is 5.82 Å². The van der Waals surface area contributed by atoms with Crippen molar-refractivity contribution < 1.29 is 38.0 Å². The van der Waals surface area contributed by atoms with Crippen LogP contribution >= 0.6 is 0 Å². The third-order valence-corrected chi connectivity index (χ3v) is 6.07. The van der Waals surface area contributed by atoms with Crippen molar-refractivity contribution in [3.8, 4) is 23.0 Å². The SMILES string of the molecule is CCOC(=O)c1c[nH]c(=O)c([C@@H](CC(=O)NCCc2ccc(F)cc2)c2cc(OC)c(OC)c(OC)c2)c1O. The number of benzene rings is 2. The molecule has 0 radical (unpaired) electrons. The number of H-pyrrole nitrogens is 1. The van der Waals surface area contributed by atoms with E-state index in [2.05, 4.69) is 10.3 Å². The molecule has 2 aromatic carbocycles. The largest absolute Gasteiger partial charge is 0.506 e. The summed E-state index contributed by atoms with van der Waals surface area (Å²) >= 11 is 0. The smallest absolute Gasteiger partial charge is 0.343 e. The maximum absolute atomic E-state index is 13.2. The Hall–Kier alpha value is -4.54. The van der Waals surface area contributed by atoms with Gasteiger partial charge < -0.3 is 34.4 Å². The minimum Gasteiger partial charge on any atom is -0.506 e. The molecule has 11 heteroatoms. The van der Waals surface area contributed by atoms with E-state index in [9.17, 15) is 23.9 Å². The van der Waals surface area contributed by atoms with E-state index in [0.29, 0.717) is 17.7 Å². The normalized spacial score (nSPS) is 11.4. The summed E-state index contributed by atoms with van der Waals surface area (Å²) in [6, 6.07) is 9.05. The van der Waals surface area contributed by atoms with E-state index in [-0.39, 0.29) is 48.0 Å². The Bertz CT molecular complexity index is 1350. The Morgan fingerprint density at radius 3 is 2.26 bits per heavy atom. The van der Waals surface area contributed by atoms with E-state index < -0.39 is 29.1 Å². The van der Waals surface area contributed by atoms with E-state index in [0.717, 1.165) is 11.8 Å². The van der Waals surface area contributed by atoms with Crippen LogP contribution in [0.1, 0.15) is 46.3 Å². The van der Waals surface area contributed by atoms with Crippen LogP contribution < -0.4 is 25.1 Å². The third kappa shape index (κ3) is 6.86. The highest BCUT2D eigenvalue weighted by molar-refractivity contribution is 5.92. The first-order chi connectivity index (χ1) is 18.7. The van der Waals surface area contributed by atoms with Crippen LogP contribution in [-0.2, 0) is 16.0 Å². The highest BCUT2D eigenvalue weighted by atomic mass is 19.1. The fourth-order valence-electron chi connectivity index (χ4n) is 4.17. The minimum atomic E-state index is -1.03. The number of hydrogen-bond donors (Lipinski definition) is 3. The van der Waals surface area contributed by atoms with Gasteiger partial charge in [-0.3, -0.25) is 9.59 Å². The number of aromatic amines is 1. The third-order valence-electron chi connectivity index (χ3n) is 6.07. The molecule has 3 aromatic rings. The van der Waals surface area contributed by atoms with E-state index in [1.165, 1.54) is 33.5 Å². The maximum atomic E-state index is 13.2. The summed E-state index contributed by atoms with van der Waals surface area (Å²) in [5, 5.41) is 13.8. The molecule has 0 saturated carbocycles. The zero-order chi connectivity index (χ0) is 28.5. The van der Waals surface area contributed by atoms with Crippen molar-refractivity contribution in [3.63, 3.8) is 0 Å². The summed E-state index contributed by atoms with van der Waals surface area (Å²) in [5.41, 5.74) is 0.0663. The van der Waals surface area contributed by atoms with E-state index in [1.807, 2.05) is 0 Å². The quantitative estimate of drug-likeness (QED) is 0.297. The first-order valence-corrected chi connectivity index (χ1v) is 12.2. The Morgan fingerprint density at radius 2 is 1.69 bits per heavy atom. The number of halogens is 1. The number of methoxy groups -OCH3 is 3. The molecule has 0 saturated heterocycles. The predicted octanol–water partition coefficient (Wildman–Crippen LogP) is 3.30. The molecule has 0 spiro atoms. The highest BCUT2D eigenvalue weighted by Crippen LogP contribution is 2.43. The van der Waals surface area contributed by atoms with Crippen LogP contribution in [-0.4, -0.2) is 56.4 Å². The van der Waals surface area contributed by atoms with Gasteiger partial charge in [0, 0.05) is 25.1 Å². The van der Waals surface area contributed by atoms with Gasteiger partial charge in [0.25, 0.3) is 5.56 Å². The Balaban J connectivity index is 2.02. The molecule has 1 aromatic heterocycles. The van der Waals surface area contributed by atoms with Crippen molar-refractivity contribution >= 4 is 11.9 Å². The van der Waals surface area contributed by atoms with Gasteiger partial charge in [0.05, 0.1) is 33.5 Å². The van der Waals surface area contributed by atoms with Crippen molar-refractivity contribution in [2.24, 2.45) is 0 Å². The summed E-state index contributed by atoms with van der Waals surface area (Å²) in [5.74, 6) is -2.42. The Kier molecular flexibility index (Phi) is 9.91. The van der Waals surface area contributed by atoms with Gasteiger partial charge >= 0.3 is 5.97 Å². The van der Waals surface area contributed by atoms with Gasteiger partial charge in [-0.25, -0.2) is 9.18 Å². The molecule has 3 N–H and O–H groups in total. The molecular weight excluding hydrogens is 511 g/mol. The molecule has 0 fully saturated rings. The van der Waals surface area contributed by atoms with E-state index in [4.69, 9.17) is 18.9 Å². The van der Waals surface area contributed by atoms with Crippen LogP contribution in [0.15, 0.2) is 47.4 Å². The lowest BCUT2D eigenvalue weighted by Crippen LogP contribution is -2.29. The van der Waals surface area contributed by atoms with Crippen molar-refractivity contribution in [1.29, 1.82) is 0 Å². The van der Waals surface area contributed by atoms with Crippen molar-refractivity contribution in [2.45, 2.75) is 25.7 Å². The number of nitrogens with one attached hydrogen (secondary N) is 2. The van der Waals surface area contributed by atoms with E-state index in [1.54, 1.807) is 31.2 Å². The number of carbonyl (C=O) groups excluding carboxylic acids is 2. The van der Waals surface area contributed by atoms with Crippen molar-refractivity contribution in [1.82, 2.24) is 10.3 Å². The minimum absolute atomic E-state index is 0.0551. The fraction of sp³-hybridized carbons (Fsp3) is 0.321. The van der Waals surface area contributed by atoms with Crippen molar-refractivity contribution in [3.05, 3.63) is 81.0 Å². The molecule has 0 aliphatic heterocycles.